The van der Waals surface area contributed by atoms with Crippen LogP contribution >= 0.6 is 0 Å². The molecule has 0 saturated carbocycles. The van der Waals surface area contributed by atoms with E-state index in [4.69, 9.17) is 5.73 Å². The van der Waals surface area contributed by atoms with E-state index in [1.807, 2.05) is 0 Å². The monoisotopic (exact) mass is 325 g/mol. The molecule has 0 aliphatic carbocycles. The summed E-state index contributed by atoms with van der Waals surface area (Å²) in [5, 5.41) is -0.0747. The molecule has 1 unspecified atom stereocenters. The Labute approximate surface area is 131 Å². The number of halogens is 3. The van der Waals surface area contributed by atoms with E-state index in [1.165, 1.54) is 16.8 Å². The van der Waals surface area contributed by atoms with Crippen LogP contribution < -0.4 is 16.1 Å². The molecule has 1 aliphatic heterocycles. The van der Waals surface area contributed by atoms with Gasteiger partial charge in [0.25, 0.3) is 0 Å². The van der Waals surface area contributed by atoms with Crippen molar-refractivity contribution in [1.82, 2.24) is 4.57 Å². The summed E-state index contributed by atoms with van der Waals surface area (Å²) in [6.07, 6.45) is 2.10. The Morgan fingerprint density at radius 1 is 1.35 bits per heavy atom. The maximum Gasteiger partial charge on any atom is 0.189 e. The van der Waals surface area contributed by atoms with E-state index in [9.17, 15) is 18.0 Å². The van der Waals surface area contributed by atoms with Crippen molar-refractivity contribution in [3.05, 3.63) is 40.2 Å². The summed E-state index contributed by atoms with van der Waals surface area (Å²) in [6.45, 7) is 0.630. The van der Waals surface area contributed by atoms with Crippen molar-refractivity contribution >= 4 is 16.6 Å². The first-order chi connectivity index (χ1) is 11.1. The summed E-state index contributed by atoms with van der Waals surface area (Å²) in [4.78, 5) is 13.5. The van der Waals surface area contributed by atoms with Crippen LogP contribution in [0, 0.1) is 17.6 Å². The molecule has 1 saturated heterocycles. The van der Waals surface area contributed by atoms with Crippen LogP contribution in [-0.4, -0.2) is 30.9 Å². The van der Waals surface area contributed by atoms with Gasteiger partial charge < -0.3 is 15.2 Å². The Balaban J connectivity index is 2.20. The first-order valence-electron chi connectivity index (χ1n) is 7.59. The lowest BCUT2D eigenvalue weighted by Gasteiger charge is -2.22. The van der Waals surface area contributed by atoms with E-state index in [1.54, 1.807) is 4.90 Å². The molecule has 1 aromatic heterocycles. The molecule has 7 heteroatoms. The topological polar surface area (TPSA) is 51.3 Å². The highest BCUT2D eigenvalue weighted by Crippen LogP contribution is 2.32. The zero-order valence-corrected chi connectivity index (χ0v) is 12.6. The number of alkyl halides is 1. The van der Waals surface area contributed by atoms with Crippen molar-refractivity contribution < 1.29 is 13.2 Å². The molecule has 2 heterocycles. The maximum absolute atomic E-state index is 15.0. The van der Waals surface area contributed by atoms with E-state index < -0.39 is 23.7 Å². The van der Waals surface area contributed by atoms with E-state index in [0.29, 0.717) is 19.6 Å². The second-order valence-corrected chi connectivity index (χ2v) is 5.82. The molecule has 23 heavy (non-hydrogen) atoms. The van der Waals surface area contributed by atoms with Crippen molar-refractivity contribution in [3.8, 4) is 0 Å². The second-order valence-electron chi connectivity index (χ2n) is 5.82. The SMILES string of the molecule is NCC1CCN(c2c(F)cc3c(=O)ccn(CCF)c3c2F)C1. The van der Waals surface area contributed by atoms with Gasteiger partial charge in [-0.1, -0.05) is 0 Å². The highest BCUT2D eigenvalue weighted by atomic mass is 19.1. The van der Waals surface area contributed by atoms with Crippen LogP contribution in [0.5, 0.6) is 0 Å². The van der Waals surface area contributed by atoms with Gasteiger partial charge in [0, 0.05) is 25.4 Å². The highest BCUT2D eigenvalue weighted by Gasteiger charge is 2.28. The normalized spacial score (nSPS) is 18.1. The van der Waals surface area contributed by atoms with Crippen molar-refractivity contribution in [1.29, 1.82) is 0 Å². The first-order valence-corrected chi connectivity index (χ1v) is 7.59. The number of nitrogens with zero attached hydrogens (tertiary/aromatic N) is 2. The van der Waals surface area contributed by atoms with Crippen molar-refractivity contribution in [2.45, 2.75) is 13.0 Å². The van der Waals surface area contributed by atoms with Crippen molar-refractivity contribution in [2.24, 2.45) is 11.7 Å². The Bertz CT molecular complexity index is 790. The van der Waals surface area contributed by atoms with Crippen LogP contribution in [0.15, 0.2) is 23.1 Å². The van der Waals surface area contributed by atoms with Crippen LogP contribution in [0.2, 0.25) is 0 Å². The Hall–Kier alpha value is -2.02. The number of aryl methyl sites for hydroxylation is 1. The molecule has 0 radical (unpaired) electrons. The number of benzene rings is 1. The third-order valence-corrected chi connectivity index (χ3v) is 4.39. The smallest absolute Gasteiger partial charge is 0.189 e. The molecule has 4 nitrogen and oxygen atoms in total. The fourth-order valence-corrected chi connectivity index (χ4v) is 3.18. The molecule has 0 amide bonds. The summed E-state index contributed by atoms with van der Waals surface area (Å²) in [5.74, 6) is -1.40. The summed E-state index contributed by atoms with van der Waals surface area (Å²) in [5.41, 5.74) is 4.92. The van der Waals surface area contributed by atoms with E-state index in [2.05, 4.69) is 0 Å². The molecule has 3 rings (SSSR count). The minimum atomic E-state index is -0.816. The second kappa shape index (κ2) is 6.23. The minimum Gasteiger partial charge on any atom is -0.366 e. The van der Waals surface area contributed by atoms with Crippen LogP contribution in [0.25, 0.3) is 10.9 Å². The predicted octanol–water partition coefficient (Wildman–Crippen LogP) is 2.03. The zero-order chi connectivity index (χ0) is 16.6. The fourth-order valence-electron chi connectivity index (χ4n) is 3.18. The van der Waals surface area contributed by atoms with Gasteiger partial charge in [-0.25, -0.2) is 13.2 Å². The lowest BCUT2D eigenvalue weighted by Crippen LogP contribution is -2.25. The van der Waals surface area contributed by atoms with Crippen LogP contribution in [-0.2, 0) is 6.54 Å². The quantitative estimate of drug-likeness (QED) is 0.936. The van der Waals surface area contributed by atoms with Crippen LogP contribution in [0.1, 0.15) is 6.42 Å². The zero-order valence-electron chi connectivity index (χ0n) is 12.6. The standard InChI is InChI=1S/C16H18F3N3O/c17-3-6-21-5-2-13(23)11-7-12(18)16(14(19)15(11)21)22-4-1-10(8-20)9-22/h2,5,7,10H,1,3-4,6,8-9,20H2. The number of pyridine rings is 1. The van der Waals surface area contributed by atoms with Gasteiger partial charge in [0.05, 0.1) is 17.4 Å². The highest BCUT2D eigenvalue weighted by molar-refractivity contribution is 5.84. The molecule has 0 bridgehead atoms. The third kappa shape index (κ3) is 2.69. The number of hydrogen-bond donors (Lipinski definition) is 1. The third-order valence-electron chi connectivity index (χ3n) is 4.39. The number of fused-ring (bicyclic) bond motifs is 1. The molecule has 124 valence electrons. The summed E-state index contributed by atoms with van der Waals surface area (Å²) < 4.78 is 43.4. The summed E-state index contributed by atoms with van der Waals surface area (Å²) in [6, 6.07) is 2.23. The van der Waals surface area contributed by atoms with Gasteiger partial charge in [0.1, 0.15) is 18.2 Å². The van der Waals surface area contributed by atoms with Crippen LogP contribution in [0.4, 0.5) is 18.9 Å². The average molecular weight is 325 g/mol. The van der Waals surface area contributed by atoms with Crippen molar-refractivity contribution in [2.75, 3.05) is 31.2 Å². The Morgan fingerprint density at radius 3 is 2.78 bits per heavy atom. The van der Waals surface area contributed by atoms with Gasteiger partial charge in [-0.2, -0.15) is 0 Å². The molecule has 2 aromatic rings. The van der Waals surface area contributed by atoms with Gasteiger partial charge in [0.15, 0.2) is 11.2 Å². The summed E-state index contributed by atoms with van der Waals surface area (Å²) >= 11 is 0. The van der Waals surface area contributed by atoms with Crippen molar-refractivity contribution in [3.63, 3.8) is 0 Å². The Morgan fingerprint density at radius 2 is 2.13 bits per heavy atom. The van der Waals surface area contributed by atoms with E-state index in [0.717, 1.165) is 12.5 Å². The molecule has 1 aromatic carbocycles. The number of rotatable bonds is 4. The maximum atomic E-state index is 15.0. The van der Waals surface area contributed by atoms with Gasteiger partial charge in [-0.3, -0.25) is 4.79 Å². The Kier molecular flexibility index (Phi) is 4.30. The average Bonchev–Trinajstić information content (AvgIpc) is 2.99. The number of nitrogens with two attached hydrogens (primary N) is 1. The van der Waals surface area contributed by atoms with Gasteiger partial charge in [-0.15, -0.1) is 0 Å². The molecule has 2 N–H and O–H groups in total. The van der Waals surface area contributed by atoms with Gasteiger partial charge >= 0.3 is 0 Å². The molecule has 1 fully saturated rings. The number of aromatic nitrogens is 1. The van der Waals surface area contributed by atoms with Gasteiger partial charge in [0.2, 0.25) is 0 Å². The molecule has 1 atom stereocenters. The van der Waals surface area contributed by atoms with E-state index in [-0.39, 0.29) is 29.1 Å². The minimum absolute atomic E-state index is 0.0530. The van der Waals surface area contributed by atoms with Crippen LogP contribution in [0.3, 0.4) is 0 Å². The number of hydrogen-bond acceptors (Lipinski definition) is 3. The lowest BCUT2D eigenvalue weighted by atomic mass is 10.1. The fraction of sp³-hybridized carbons (Fsp3) is 0.438. The van der Waals surface area contributed by atoms with Gasteiger partial charge in [-0.05, 0) is 24.9 Å². The summed E-state index contributed by atoms with van der Waals surface area (Å²) in [7, 11) is 0. The largest absolute Gasteiger partial charge is 0.366 e. The molecule has 1 aliphatic rings. The molecular weight excluding hydrogens is 307 g/mol. The molecular formula is C16H18F3N3O. The number of anilines is 1. The first kappa shape index (κ1) is 15.9. The molecule has 0 spiro atoms. The van der Waals surface area contributed by atoms with E-state index >= 15 is 0 Å². The predicted molar refractivity (Wildman–Crippen MR) is 83.5 cm³/mol. The lowest BCUT2D eigenvalue weighted by molar-refractivity contribution is 0.447.